The van der Waals surface area contributed by atoms with Crippen LogP contribution in [0.2, 0.25) is 0 Å². The lowest BCUT2D eigenvalue weighted by Gasteiger charge is -2.29. The van der Waals surface area contributed by atoms with Crippen LogP contribution in [0, 0.1) is 11.8 Å². The largest absolute Gasteiger partial charge is 0.350 e. The molecule has 112 valence electrons. The van der Waals surface area contributed by atoms with Crippen molar-refractivity contribution in [3.63, 3.8) is 0 Å². The van der Waals surface area contributed by atoms with Gasteiger partial charge < -0.3 is 10.6 Å². The van der Waals surface area contributed by atoms with E-state index in [9.17, 15) is 4.79 Å². The molecule has 1 fully saturated rings. The van der Waals surface area contributed by atoms with Crippen molar-refractivity contribution in [1.82, 2.24) is 20.4 Å². The molecule has 0 bridgehead atoms. The van der Waals surface area contributed by atoms with E-state index in [0.29, 0.717) is 17.5 Å². The van der Waals surface area contributed by atoms with E-state index in [4.69, 9.17) is 0 Å². The maximum absolute atomic E-state index is 12.4. The molecule has 2 unspecified atom stereocenters. The van der Waals surface area contributed by atoms with Crippen LogP contribution < -0.4 is 10.6 Å². The molecule has 1 aromatic carbocycles. The number of amides is 1. The predicted octanol–water partition coefficient (Wildman–Crippen LogP) is 1.55. The van der Waals surface area contributed by atoms with Crippen molar-refractivity contribution >= 4 is 16.8 Å². The first-order chi connectivity index (χ1) is 10.2. The monoisotopic (exact) mass is 286 g/mol. The molecule has 2 heterocycles. The number of nitrogens with one attached hydrogen (secondary N) is 2. The van der Waals surface area contributed by atoms with Crippen LogP contribution in [0.3, 0.4) is 0 Å². The summed E-state index contributed by atoms with van der Waals surface area (Å²) in [5.41, 5.74) is 1.51. The van der Waals surface area contributed by atoms with Crippen LogP contribution >= 0.6 is 0 Å². The third-order valence-electron chi connectivity index (χ3n) is 4.46. The van der Waals surface area contributed by atoms with Crippen molar-refractivity contribution in [2.75, 3.05) is 19.6 Å². The summed E-state index contributed by atoms with van der Waals surface area (Å²) in [6.45, 7) is 5.04. The number of aryl methyl sites for hydroxylation is 1. The number of carbonyl (C=O) groups excluding carboxylic acids is 1. The van der Waals surface area contributed by atoms with Crippen LogP contribution in [0.15, 0.2) is 24.3 Å². The van der Waals surface area contributed by atoms with E-state index in [1.165, 1.54) is 0 Å². The Morgan fingerprint density at radius 2 is 2.29 bits per heavy atom. The first-order valence-corrected chi connectivity index (χ1v) is 7.57. The molecule has 1 saturated heterocycles. The van der Waals surface area contributed by atoms with E-state index in [2.05, 4.69) is 22.7 Å². The van der Waals surface area contributed by atoms with Gasteiger partial charge in [-0.15, -0.1) is 0 Å². The fraction of sp³-hybridized carbons (Fsp3) is 0.500. The highest BCUT2D eigenvalue weighted by Crippen LogP contribution is 2.19. The van der Waals surface area contributed by atoms with Crippen molar-refractivity contribution in [3.8, 4) is 0 Å². The second-order valence-electron chi connectivity index (χ2n) is 5.93. The van der Waals surface area contributed by atoms with Crippen molar-refractivity contribution < 1.29 is 4.79 Å². The number of hydrogen-bond donors (Lipinski definition) is 2. The summed E-state index contributed by atoms with van der Waals surface area (Å²) in [6, 6.07) is 7.83. The first-order valence-electron chi connectivity index (χ1n) is 7.57. The molecule has 3 rings (SSSR count). The van der Waals surface area contributed by atoms with E-state index in [1.807, 2.05) is 31.3 Å². The zero-order chi connectivity index (χ0) is 14.8. The van der Waals surface area contributed by atoms with Gasteiger partial charge in [0.1, 0.15) is 0 Å². The molecule has 0 aliphatic carbocycles. The summed E-state index contributed by atoms with van der Waals surface area (Å²) in [5, 5.41) is 11.7. The predicted molar refractivity (Wildman–Crippen MR) is 83.2 cm³/mol. The Balaban J connectivity index is 1.72. The van der Waals surface area contributed by atoms with Gasteiger partial charge in [-0.1, -0.05) is 25.1 Å². The van der Waals surface area contributed by atoms with Crippen molar-refractivity contribution in [1.29, 1.82) is 0 Å². The van der Waals surface area contributed by atoms with Crippen LogP contribution in [0.5, 0.6) is 0 Å². The number of rotatable bonds is 3. The lowest BCUT2D eigenvalue weighted by Crippen LogP contribution is -2.41. The molecule has 0 spiro atoms. The highest BCUT2D eigenvalue weighted by atomic mass is 16.1. The van der Waals surface area contributed by atoms with Gasteiger partial charge in [0.15, 0.2) is 5.69 Å². The number of nitrogens with zero attached hydrogens (tertiary/aromatic N) is 2. The second-order valence-corrected chi connectivity index (χ2v) is 5.93. The van der Waals surface area contributed by atoms with E-state index >= 15 is 0 Å². The summed E-state index contributed by atoms with van der Waals surface area (Å²) in [5.74, 6) is 1.07. The SMILES string of the molecule is CC1CNCCC1CNC(=O)c1nn(C)c2ccccc12. The standard InChI is InChI=1S/C16H22N4O/c1-11-9-17-8-7-12(11)10-18-16(21)15-13-5-3-4-6-14(13)20(2)19-15/h3-6,11-12,17H,7-10H2,1-2H3,(H,18,21). The van der Waals surface area contributed by atoms with Gasteiger partial charge in [-0.2, -0.15) is 5.10 Å². The molecule has 0 saturated carbocycles. The first kappa shape index (κ1) is 14.1. The Morgan fingerprint density at radius 3 is 3.10 bits per heavy atom. The minimum Gasteiger partial charge on any atom is -0.350 e. The third-order valence-corrected chi connectivity index (χ3v) is 4.46. The molecule has 5 nitrogen and oxygen atoms in total. The molecule has 1 aliphatic heterocycles. The number of piperidine rings is 1. The topological polar surface area (TPSA) is 58.9 Å². The Kier molecular flexibility index (Phi) is 3.92. The fourth-order valence-electron chi connectivity index (χ4n) is 3.06. The van der Waals surface area contributed by atoms with Crippen LogP contribution in [-0.4, -0.2) is 35.3 Å². The number of aromatic nitrogens is 2. The number of benzene rings is 1. The number of hydrogen-bond acceptors (Lipinski definition) is 3. The van der Waals surface area contributed by atoms with Crippen LogP contribution in [0.4, 0.5) is 0 Å². The second kappa shape index (κ2) is 5.85. The third kappa shape index (κ3) is 2.78. The van der Waals surface area contributed by atoms with Gasteiger partial charge in [-0.05, 0) is 37.4 Å². The van der Waals surface area contributed by atoms with Crippen LogP contribution in [0.25, 0.3) is 10.9 Å². The van der Waals surface area contributed by atoms with Gasteiger partial charge in [-0.3, -0.25) is 9.48 Å². The molecule has 5 heteroatoms. The maximum atomic E-state index is 12.4. The zero-order valence-electron chi connectivity index (χ0n) is 12.6. The van der Waals surface area contributed by atoms with Crippen molar-refractivity contribution in [2.24, 2.45) is 18.9 Å². The summed E-state index contributed by atoms with van der Waals surface area (Å²) >= 11 is 0. The molecule has 0 radical (unpaired) electrons. The molecule has 1 aliphatic rings. The summed E-state index contributed by atoms with van der Waals surface area (Å²) < 4.78 is 1.76. The number of para-hydroxylation sites is 1. The van der Waals surface area contributed by atoms with Gasteiger partial charge in [0.05, 0.1) is 5.52 Å². The van der Waals surface area contributed by atoms with E-state index < -0.39 is 0 Å². The lowest BCUT2D eigenvalue weighted by molar-refractivity contribution is 0.0934. The zero-order valence-corrected chi connectivity index (χ0v) is 12.6. The fourth-order valence-corrected chi connectivity index (χ4v) is 3.06. The number of fused-ring (bicyclic) bond motifs is 1. The van der Waals surface area contributed by atoms with E-state index in [1.54, 1.807) is 4.68 Å². The van der Waals surface area contributed by atoms with Crippen LogP contribution in [-0.2, 0) is 7.05 Å². The van der Waals surface area contributed by atoms with Gasteiger partial charge in [0, 0.05) is 19.0 Å². The van der Waals surface area contributed by atoms with Gasteiger partial charge >= 0.3 is 0 Å². The summed E-state index contributed by atoms with van der Waals surface area (Å²) in [6.07, 6.45) is 1.12. The minimum absolute atomic E-state index is 0.0717. The lowest BCUT2D eigenvalue weighted by atomic mass is 9.88. The quantitative estimate of drug-likeness (QED) is 0.900. The Bertz CT molecular complexity index is 649. The molecule has 2 atom stereocenters. The number of carbonyl (C=O) groups is 1. The van der Waals surface area contributed by atoms with Crippen molar-refractivity contribution in [2.45, 2.75) is 13.3 Å². The molecule has 1 aromatic heterocycles. The molecule has 2 aromatic rings. The van der Waals surface area contributed by atoms with Crippen molar-refractivity contribution in [3.05, 3.63) is 30.0 Å². The average Bonchev–Trinajstić information content (AvgIpc) is 2.84. The van der Waals surface area contributed by atoms with Gasteiger partial charge in [0.2, 0.25) is 0 Å². The van der Waals surface area contributed by atoms with E-state index in [0.717, 1.165) is 37.0 Å². The normalized spacial score (nSPS) is 22.4. The van der Waals surface area contributed by atoms with E-state index in [-0.39, 0.29) is 5.91 Å². The van der Waals surface area contributed by atoms with Gasteiger partial charge in [-0.25, -0.2) is 0 Å². The molecular formula is C16H22N4O. The highest BCUT2D eigenvalue weighted by Gasteiger charge is 2.22. The Morgan fingerprint density at radius 1 is 1.48 bits per heavy atom. The molecule has 1 amide bonds. The average molecular weight is 286 g/mol. The molecular weight excluding hydrogens is 264 g/mol. The Hall–Kier alpha value is -1.88. The van der Waals surface area contributed by atoms with Gasteiger partial charge in [0.25, 0.3) is 5.91 Å². The summed E-state index contributed by atoms with van der Waals surface area (Å²) in [7, 11) is 1.87. The maximum Gasteiger partial charge on any atom is 0.272 e. The molecule has 2 N–H and O–H groups in total. The smallest absolute Gasteiger partial charge is 0.272 e. The minimum atomic E-state index is -0.0717. The molecule has 21 heavy (non-hydrogen) atoms. The highest BCUT2D eigenvalue weighted by molar-refractivity contribution is 6.04. The summed E-state index contributed by atoms with van der Waals surface area (Å²) in [4.78, 5) is 12.4. The Labute approximate surface area is 124 Å². The van der Waals surface area contributed by atoms with Crippen LogP contribution in [0.1, 0.15) is 23.8 Å².